The van der Waals surface area contributed by atoms with Crippen molar-refractivity contribution in [3.8, 4) is 0 Å². The zero-order chi connectivity index (χ0) is 8.43. The van der Waals surface area contributed by atoms with Gasteiger partial charge in [0.05, 0.1) is 5.02 Å². The molecule has 0 saturated carbocycles. The fraction of sp³-hybridized carbons (Fsp3) is 0.125. The molecule has 0 unspecified atom stereocenters. The second-order valence-electron chi connectivity index (χ2n) is 2.24. The van der Waals surface area contributed by atoms with Gasteiger partial charge in [-0.1, -0.05) is 23.7 Å². The molecule has 0 saturated heterocycles. The number of thiol groups is 1. The van der Waals surface area contributed by atoms with E-state index in [-0.39, 0.29) is 5.12 Å². The van der Waals surface area contributed by atoms with Crippen LogP contribution >= 0.6 is 24.2 Å². The van der Waals surface area contributed by atoms with E-state index in [1.807, 2.05) is 13.0 Å². The molecule has 11 heavy (non-hydrogen) atoms. The fourth-order valence-electron chi connectivity index (χ4n) is 0.903. The number of hydrogen-bond acceptors (Lipinski definition) is 1. The SMILES string of the molecule is Cc1cccc(Cl)c1C(=O)S. The van der Waals surface area contributed by atoms with Gasteiger partial charge in [0.15, 0.2) is 0 Å². The van der Waals surface area contributed by atoms with Crippen LogP contribution in [0.5, 0.6) is 0 Å². The van der Waals surface area contributed by atoms with E-state index in [2.05, 4.69) is 12.6 Å². The maximum atomic E-state index is 10.9. The lowest BCUT2D eigenvalue weighted by atomic mass is 10.1. The Morgan fingerprint density at radius 2 is 2.18 bits per heavy atom. The molecule has 0 spiro atoms. The molecule has 0 aliphatic heterocycles. The summed E-state index contributed by atoms with van der Waals surface area (Å²) in [5, 5.41) is 0.179. The van der Waals surface area contributed by atoms with Gasteiger partial charge >= 0.3 is 0 Å². The van der Waals surface area contributed by atoms with Crippen LogP contribution in [-0.2, 0) is 0 Å². The lowest BCUT2D eigenvalue weighted by Gasteiger charge is -2.01. The van der Waals surface area contributed by atoms with Crippen molar-refractivity contribution in [3.05, 3.63) is 34.3 Å². The van der Waals surface area contributed by atoms with Crippen LogP contribution in [0, 0.1) is 6.92 Å². The van der Waals surface area contributed by atoms with Crippen LogP contribution in [-0.4, -0.2) is 5.12 Å². The summed E-state index contributed by atoms with van der Waals surface area (Å²) in [7, 11) is 0. The first-order valence-corrected chi connectivity index (χ1v) is 3.94. The summed E-state index contributed by atoms with van der Waals surface area (Å²) in [5.74, 6) is 0. The summed E-state index contributed by atoms with van der Waals surface area (Å²) in [6, 6.07) is 5.31. The van der Waals surface area contributed by atoms with Gasteiger partial charge in [-0.15, -0.1) is 12.6 Å². The molecule has 0 atom stereocenters. The van der Waals surface area contributed by atoms with Crippen molar-refractivity contribution in [3.63, 3.8) is 0 Å². The highest BCUT2D eigenvalue weighted by Crippen LogP contribution is 2.20. The van der Waals surface area contributed by atoms with E-state index in [0.717, 1.165) is 5.56 Å². The third-order valence-corrected chi connectivity index (χ3v) is 1.97. The van der Waals surface area contributed by atoms with Gasteiger partial charge in [-0.3, -0.25) is 4.79 Å². The minimum Gasteiger partial charge on any atom is -0.282 e. The molecule has 0 fully saturated rings. The quantitative estimate of drug-likeness (QED) is 0.668. The fourth-order valence-corrected chi connectivity index (χ4v) is 1.57. The van der Waals surface area contributed by atoms with Crippen molar-refractivity contribution >= 4 is 29.3 Å². The van der Waals surface area contributed by atoms with Crippen molar-refractivity contribution in [2.24, 2.45) is 0 Å². The summed E-state index contributed by atoms with van der Waals surface area (Å²) >= 11 is 9.46. The highest BCUT2D eigenvalue weighted by atomic mass is 35.5. The van der Waals surface area contributed by atoms with Crippen LogP contribution in [0.1, 0.15) is 15.9 Å². The molecule has 1 aromatic rings. The van der Waals surface area contributed by atoms with E-state index in [4.69, 9.17) is 11.6 Å². The normalized spacial score (nSPS) is 9.73. The molecule has 0 aliphatic carbocycles. The van der Waals surface area contributed by atoms with Crippen LogP contribution < -0.4 is 0 Å². The largest absolute Gasteiger partial charge is 0.282 e. The molecule has 0 aromatic heterocycles. The summed E-state index contributed by atoms with van der Waals surface area (Å²) in [6.07, 6.45) is 0. The molecule has 1 aromatic carbocycles. The second-order valence-corrected chi connectivity index (χ2v) is 3.05. The third-order valence-electron chi connectivity index (χ3n) is 1.44. The molecule has 1 nitrogen and oxygen atoms in total. The molecule has 58 valence electrons. The number of halogens is 1. The Morgan fingerprint density at radius 3 is 2.55 bits per heavy atom. The van der Waals surface area contributed by atoms with Crippen molar-refractivity contribution in [2.45, 2.75) is 6.92 Å². The molecule has 1 rings (SSSR count). The molecule has 0 N–H and O–H groups in total. The van der Waals surface area contributed by atoms with Crippen LogP contribution in [0.2, 0.25) is 5.02 Å². The van der Waals surface area contributed by atoms with Gasteiger partial charge < -0.3 is 0 Å². The van der Waals surface area contributed by atoms with Gasteiger partial charge in [-0.05, 0) is 18.6 Å². The Bertz CT molecular complexity index is 276. The first-order valence-electron chi connectivity index (χ1n) is 3.11. The van der Waals surface area contributed by atoms with Crippen molar-refractivity contribution in [1.29, 1.82) is 0 Å². The molecule has 0 amide bonds. The number of rotatable bonds is 1. The Hall–Kier alpha value is -0.470. The predicted molar refractivity (Wildman–Crippen MR) is 49.5 cm³/mol. The van der Waals surface area contributed by atoms with Crippen LogP contribution in [0.25, 0.3) is 0 Å². The monoisotopic (exact) mass is 186 g/mol. The number of benzene rings is 1. The molecule has 0 radical (unpaired) electrons. The summed E-state index contributed by atoms with van der Waals surface area (Å²) in [4.78, 5) is 10.9. The van der Waals surface area contributed by atoms with Gasteiger partial charge in [0.2, 0.25) is 5.12 Å². The highest BCUT2D eigenvalue weighted by Gasteiger charge is 2.07. The Kier molecular flexibility index (Phi) is 2.58. The topological polar surface area (TPSA) is 17.1 Å². The average molecular weight is 187 g/mol. The van der Waals surface area contributed by atoms with E-state index in [9.17, 15) is 4.79 Å². The molecule has 0 bridgehead atoms. The number of carbonyl (C=O) groups is 1. The standard InChI is InChI=1S/C8H7ClOS/c1-5-3-2-4-6(9)7(5)8(10)11/h2-4H,1H3,(H,10,11). The Balaban J connectivity index is 3.32. The lowest BCUT2D eigenvalue weighted by molar-refractivity contribution is 0.109. The van der Waals surface area contributed by atoms with E-state index in [1.54, 1.807) is 12.1 Å². The molecular weight excluding hydrogens is 180 g/mol. The van der Waals surface area contributed by atoms with E-state index in [1.165, 1.54) is 0 Å². The van der Waals surface area contributed by atoms with Crippen LogP contribution in [0.3, 0.4) is 0 Å². The second kappa shape index (κ2) is 3.28. The van der Waals surface area contributed by atoms with Crippen LogP contribution in [0.15, 0.2) is 18.2 Å². The highest BCUT2D eigenvalue weighted by molar-refractivity contribution is 7.97. The minimum atomic E-state index is -0.284. The van der Waals surface area contributed by atoms with Crippen LogP contribution in [0.4, 0.5) is 0 Å². The van der Waals surface area contributed by atoms with Gasteiger partial charge in [0.1, 0.15) is 0 Å². The van der Waals surface area contributed by atoms with Gasteiger partial charge in [0.25, 0.3) is 0 Å². The van der Waals surface area contributed by atoms with E-state index < -0.39 is 0 Å². The zero-order valence-corrected chi connectivity index (χ0v) is 7.62. The number of hydrogen-bond donors (Lipinski definition) is 1. The van der Waals surface area contributed by atoms with E-state index in [0.29, 0.717) is 10.6 Å². The van der Waals surface area contributed by atoms with Crippen molar-refractivity contribution in [1.82, 2.24) is 0 Å². The first kappa shape index (κ1) is 8.62. The minimum absolute atomic E-state index is 0.284. The third kappa shape index (κ3) is 1.76. The first-order chi connectivity index (χ1) is 5.13. The van der Waals surface area contributed by atoms with Crippen molar-refractivity contribution < 1.29 is 4.79 Å². The zero-order valence-electron chi connectivity index (χ0n) is 5.97. The Morgan fingerprint density at radius 1 is 1.55 bits per heavy atom. The summed E-state index contributed by atoms with van der Waals surface area (Å²) in [6.45, 7) is 1.83. The predicted octanol–water partition coefficient (Wildman–Crippen LogP) is 2.72. The summed E-state index contributed by atoms with van der Waals surface area (Å²) < 4.78 is 0. The number of carbonyl (C=O) groups excluding carboxylic acids is 1. The van der Waals surface area contributed by atoms with Gasteiger partial charge in [-0.2, -0.15) is 0 Å². The molecule has 0 heterocycles. The smallest absolute Gasteiger partial charge is 0.218 e. The van der Waals surface area contributed by atoms with Gasteiger partial charge in [-0.25, -0.2) is 0 Å². The molecule has 0 aliphatic rings. The number of aryl methyl sites for hydroxylation is 1. The maximum absolute atomic E-state index is 10.9. The summed E-state index contributed by atoms with van der Waals surface area (Å²) in [5.41, 5.74) is 1.36. The van der Waals surface area contributed by atoms with Gasteiger partial charge in [0, 0.05) is 5.56 Å². The maximum Gasteiger partial charge on any atom is 0.218 e. The molecule has 3 heteroatoms. The average Bonchev–Trinajstić information content (AvgIpc) is 1.85. The lowest BCUT2D eigenvalue weighted by Crippen LogP contribution is -1.93. The van der Waals surface area contributed by atoms with E-state index >= 15 is 0 Å². The Labute approximate surface area is 75.8 Å². The molecular formula is C8H7ClOS. The van der Waals surface area contributed by atoms with Crippen molar-refractivity contribution in [2.75, 3.05) is 0 Å².